The third kappa shape index (κ3) is 5.08. The number of amides is 4. The summed E-state index contributed by atoms with van der Waals surface area (Å²) in [7, 11) is 1.60. The number of carbonyl (C=O) groups is 3. The van der Waals surface area contributed by atoms with E-state index in [1.165, 1.54) is 4.90 Å². The van der Waals surface area contributed by atoms with Crippen LogP contribution in [0.5, 0.6) is 5.75 Å². The van der Waals surface area contributed by atoms with Gasteiger partial charge in [0, 0.05) is 18.5 Å². The number of methoxy groups -OCH3 is 1. The molecule has 2 fully saturated rings. The number of rotatable bonds is 8. The third-order valence-electron chi connectivity index (χ3n) is 5.94. The van der Waals surface area contributed by atoms with Crippen LogP contribution in [0.4, 0.5) is 4.79 Å². The zero-order valence-corrected chi connectivity index (χ0v) is 17.3. The van der Waals surface area contributed by atoms with Crippen LogP contribution in [0.15, 0.2) is 24.3 Å². The monoisotopic (exact) mass is 401 g/mol. The molecule has 3 atom stereocenters. The topological polar surface area (TPSA) is 87.7 Å². The Labute approximate surface area is 172 Å². The zero-order valence-electron chi connectivity index (χ0n) is 17.3. The van der Waals surface area contributed by atoms with Gasteiger partial charge in [0.25, 0.3) is 0 Å². The first-order chi connectivity index (χ1) is 14.0. The van der Waals surface area contributed by atoms with Gasteiger partial charge in [-0.3, -0.25) is 14.5 Å². The van der Waals surface area contributed by atoms with Crippen LogP contribution in [0.1, 0.15) is 51.0 Å². The molecule has 1 saturated carbocycles. The summed E-state index contributed by atoms with van der Waals surface area (Å²) in [6, 6.07) is 6.69. The Morgan fingerprint density at radius 1 is 1.21 bits per heavy atom. The molecule has 2 aliphatic rings. The second kappa shape index (κ2) is 9.76. The van der Waals surface area contributed by atoms with E-state index in [-0.39, 0.29) is 42.3 Å². The Kier molecular flexibility index (Phi) is 7.12. The fourth-order valence-electron chi connectivity index (χ4n) is 4.19. The van der Waals surface area contributed by atoms with Gasteiger partial charge in [0.2, 0.25) is 11.8 Å². The summed E-state index contributed by atoms with van der Waals surface area (Å²) in [5.74, 6) is 0.238. The smallest absolute Gasteiger partial charge is 0.324 e. The van der Waals surface area contributed by atoms with Crippen LogP contribution in [0, 0.1) is 11.8 Å². The highest BCUT2D eigenvalue weighted by Gasteiger charge is 2.45. The molecular formula is C22H31N3O4. The average Bonchev–Trinajstić information content (AvgIpc) is 2.74. The van der Waals surface area contributed by atoms with Crippen LogP contribution in [-0.4, -0.2) is 42.4 Å². The van der Waals surface area contributed by atoms with Crippen molar-refractivity contribution in [2.45, 2.75) is 58.0 Å². The van der Waals surface area contributed by atoms with Gasteiger partial charge in [-0.2, -0.15) is 0 Å². The van der Waals surface area contributed by atoms with E-state index in [1.807, 2.05) is 24.3 Å². The Balaban J connectivity index is 1.57. The molecule has 0 bridgehead atoms. The van der Waals surface area contributed by atoms with Crippen molar-refractivity contribution < 1.29 is 19.1 Å². The van der Waals surface area contributed by atoms with Crippen LogP contribution in [0.2, 0.25) is 0 Å². The number of carbonyl (C=O) groups excluding carboxylic acids is 3. The lowest BCUT2D eigenvalue weighted by Crippen LogP contribution is -2.61. The summed E-state index contributed by atoms with van der Waals surface area (Å²) >= 11 is 0. The maximum atomic E-state index is 13.0. The summed E-state index contributed by atoms with van der Waals surface area (Å²) in [5.41, 5.74) is 0.868. The maximum absolute atomic E-state index is 13.0. The van der Waals surface area contributed by atoms with Crippen molar-refractivity contribution in [3.05, 3.63) is 29.8 Å². The van der Waals surface area contributed by atoms with Crippen molar-refractivity contribution in [2.75, 3.05) is 13.7 Å². The number of nitrogens with one attached hydrogen (secondary N) is 2. The second-order valence-corrected chi connectivity index (χ2v) is 7.94. The van der Waals surface area contributed by atoms with E-state index >= 15 is 0 Å². The van der Waals surface area contributed by atoms with Crippen LogP contribution in [-0.2, 0) is 16.1 Å². The number of fused-ring (bicyclic) bond motifs is 1. The molecule has 1 aliphatic heterocycles. The van der Waals surface area contributed by atoms with Crippen LogP contribution < -0.4 is 15.4 Å². The molecule has 7 nitrogen and oxygen atoms in total. The normalized spacial score (nSPS) is 23.9. The molecule has 158 valence electrons. The van der Waals surface area contributed by atoms with Crippen molar-refractivity contribution >= 4 is 17.8 Å². The number of urea groups is 1. The highest BCUT2D eigenvalue weighted by atomic mass is 16.5. The summed E-state index contributed by atoms with van der Waals surface area (Å²) < 4.78 is 5.15. The number of nitrogens with zero attached hydrogens (tertiary/aromatic N) is 1. The van der Waals surface area contributed by atoms with Gasteiger partial charge in [-0.15, -0.1) is 0 Å². The minimum Gasteiger partial charge on any atom is -0.497 e. The molecule has 1 aliphatic carbocycles. The molecule has 3 unspecified atom stereocenters. The molecule has 1 heterocycles. The Morgan fingerprint density at radius 2 is 1.97 bits per heavy atom. The van der Waals surface area contributed by atoms with Crippen LogP contribution in [0.25, 0.3) is 0 Å². The average molecular weight is 402 g/mol. The van der Waals surface area contributed by atoms with Gasteiger partial charge in [-0.25, -0.2) is 4.79 Å². The number of benzene rings is 1. The summed E-state index contributed by atoms with van der Waals surface area (Å²) in [5, 5.41) is 5.96. The van der Waals surface area contributed by atoms with Gasteiger partial charge in [0.15, 0.2) is 0 Å². The summed E-state index contributed by atoms with van der Waals surface area (Å²) in [4.78, 5) is 39.2. The lowest BCUT2D eigenvalue weighted by Gasteiger charge is -2.42. The lowest BCUT2D eigenvalue weighted by atomic mass is 9.76. The minimum absolute atomic E-state index is 0.0434. The maximum Gasteiger partial charge on any atom is 0.324 e. The lowest BCUT2D eigenvalue weighted by molar-refractivity contribution is -0.139. The largest absolute Gasteiger partial charge is 0.497 e. The minimum atomic E-state index is -0.379. The van der Waals surface area contributed by atoms with Crippen LogP contribution >= 0.6 is 0 Å². The molecule has 3 rings (SSSR count). The highest BCUT2D eigenvalue weighted by Crippen LogP contribution is 2.33. The van der Waals surface area contributed by atoms with Crippen molar-refractivity contribution in [2.24, 2.45) is 11.8 Å². The molecule has 0 spiro atoms. The number of imide groups is 1. The Bertz CT molecular complexity index is 734. The van der Waals surface area contributed by atoms with E-state index in [0.717, 1.165) is 30.6 Å². The molecule has 1 aromatic rings. The molecule has 0 radical (unpaired) electrons. The van der Waals surface area contributed by atoms with Gasteiger partial charge >= 0.3 is 6.03 Å². The molecule has 1 saturated heterocycles. The molecule has 4 amide bonds. The molecule has 2 N–H and O–H groups in total. The standard InChI is InChI=1S/C22H31N3O4/c1-3-4-5-12-23-20(26)16-8-11-18-19(13-16)24-22(28)25(21(18)27)14-15-6-9-17(29-2)10-7-15/h6-7,9-10,16,18-19H,3-5,8,11-14H2,1-2H3,(H,23,26)(H,24,28). The quantitative estimate of drug-likeness (QED) is 0.656. The number of unbranched alkanes of at least 4 members (excludes halogenated alkanes) is 2. The predicted octanol–water partition coefficient (Wildman–Crippen LogP) is 2.84. The highest BCUT2D eigenvalue weighted by molar-refractivity contribution is 5.99. The van der Waals surface area contributed by atoms with Crippen molar-refractivity contribution in [1.82, 2.24) is 15.5 Å². The fraction of sp³-hybridized carbons (Fsp3) is 0.591. The van der Waals surface area contributed by atoms with E-state index in [9.17, 15) is 14.4 Å². The van der Waals surface area contributed by atoms with Gasteiger partial charge < -0.3 is 15.4 Å². The van der Waals surface area contributed by atoms with E-state index in [1.54, 1.807) is 7.11 Å². The first-order valence-electron chi connectivity index (χ1n) is 10.6. The number of hydrogen-bond donors (Lipinski definition) is 2. The van der Waals surface area contributed by atoms with E-state index in [0.29, 0.717) is 25.8 Å². The van der Waals surface area contributed by atoms with E-state index < -0.39 is 0 Å². The number of ether oxygens (including phenoxy) is 1. The molecule has 0 aromatic heterocycles. The predicted molar refractivity (Wildman–Crippen MR) is 109 cm³/mol. The Hall–Kier alpha value is -2.57. The first-order valence-corrected chi connectivity index (χ1v) is 10.6. The van der Waals surface area contributed by atoms with Crippen molar-refractivity contribution in [1.29, 1.82) is 0 Å². The number of hydrogen-bond acceptors (Lipinski definition) is 4. The first kappa shape index (κ1) is 21.1. The Morgan fingerprint density at radius 3 is 2.66 bits per heavy atom. The van der Waals surface area contributed by atoms with Crippen molar-refractivity contribution in [3.8, 4) is 5.75 Å². The van der Waals surface area contributed by atoms with Gasteiger partial charge in [-0.1, -0.05) is 31.9 Å². The SMILES string of the molecule is CCCCCNC(=O)C1CCC2C(=O)N(Cc3ccc(OC)cc3)C(=O)NC2C1. The van der Waals surface area contributed by atoms with Gasteiger partial charge in [-0.05, 0) is 43.4 Å². The summed E-state index contributed by atoms with van der Waals surface area (Å²) in [6.45, 7) is 3.06. The molecular weight excluding hydrogens is 370 g/mol. The van der Waals surface area contributed by atoms with Crippen LogP contribution in [0.3, 0.4) is 0 Å². The second-order valence-electron chi connectivity index (χ2n) is 7.94. The van der Waals surface area contributed by atoms with Gasteiger partial charge in [0.05, 0.1) is 19.6 Å². The molecule has 7 heteroatoms. The zero-order chi connectivity index (χ0) is 20.8. The van der Waals surface area contributed by atoms with Crippen molar-refractivity contribution in [3.63, 3.8) is 0 Å². The molecule has 29 heavy (non-hydrogen) atoms. The fourth-order valence-corrected chi connectivity index (χ4v) is 4.19. The third-order valence-corrected chi connectivity index (χ3v) is 5.94. The summed E-state index contributed by atoms with van der Waals surface area (Å²) in [6.07, 6.45) is 5.03. The molecule has 1 aromatic carbocycles. The van der Waals surface area contributed by atoms with Gasteiger partial charge in [0.1, 0.15) is 5.75 Å². The van der Waals surface area contributed by atoms with E-state index in [2.05, 4.69) is 17.6 Å². The van der Waals surface area contributed by atoms with E-state index in [4.69, 9.17) is 4.74 Å².